The van der Waals surface area contributed by atoms with Gasteiger partial charge in [0.1, 0.15) is 5.75 Å². The molecule has 2 N–H and O–H groups in total. The molecule has 82 valence electrons. The summed E-state index contributed by atoms with van der Waals surface area (Å²) >= 11 is 0. The molecule has 2 rings (SSSR count). The van der Waals surface area contributed by atoms with Gasteiger partial charge in [-0.3, -0.25) is 0 Å². The van der Waals surface area contributed by atoms with Gasteiger partial charge in [0.05, 0.1) is 6.61 Å². The standard InChI is InChI=1S/C12H13BO3/c1-2-16-11-8-4-6-9-5-3-7-10(12(9)11)13(14)15/h3-8,14-15H,2H2,1H3. The van der Waals surface area contributed by atoms with Gasteiger partial charge in [0.2, 0.25) is 0 Å². The van der Waals surface area contributed by atoms with Crippen LogP contribution in [0, 0.1) is 0 Å². The van der Waals surface area contributed by atoms with E-state index in [0.717, 1.165) is 10.8 Å². The Morgan fingerprint density at radius 1 is 1.12 bits per heavy atom. The van der Waals surface area contributed by atoms with Crippen LogP contribution >= 0.6 is 0 Å². The minimum atomic E-state index is -1.48. The van der Waals surface area contributed by atoms with Crippen molar-refractivity contribution in [2.45, 2.75) is 6.92 Å². The van der Waals surface area contributed by atoms with Gasteiger partial charge in [-0.15, -0.1) is 0 Å². The zero-order valence-electron chi connectivity index (χ0n) is 9.05. The Bertz CT molecular complexity index is 491. The first-order valence-corrected chi connectivity index (χ1v) is 5.24. The summed E-state index contributed by atoms with van der Waals surface area (Å²) < 4.78 is 5.49. The van der Waals surface area contributed by atoms with Crippen molar-refractivity contribution in [3.63, 3.8) is 0 Å². The summed E-state index contributed by atoms with van der Waals surface area (Å²) in [5.74, 6) is 0.684. The smallest absolute Gasteiger partial charge is 0.489 e. The van der Waals surface area contributed by atoms with Crippen molar-refractivity contribution < 1.29 is 14.8 Å². The zero-order valence-corrected chi connectivity index (χ0v) is 9.05. The van der Waals surface area contributed by atoms with Gasteiger partial charge in [-0.1, -0.05) is 30.3 Å². The second-order valence-electron chi connectivity index (χ2n) is 3.51. The third-order valence-electron chi connectivity index (χ3n) is 2.48. The molecule has 0 aliphatic rings. The number of hydrogen-bond acceptors (Lipinski definition) is 3. The molecule has 0 amide bonds. The Morgan fingerprint density at radius 2 is 1.81 bits per heavy atom. The first kappa shape index (κ1) is 11.0. The highest BCUT2D eigenvalue weighted by Gasteiger charge is 2.16. The molecule has 0 saturated carbocycles. The predicted molar refractivity (Wildman–Crippen MR) is 64.9 cm³/mol. The molecule has 0 aromatic heterocycles. The summed E-state index contributed by atoms with van der Waals surface area (Å²) in [7, 11) is -1.48. The number of hydrogen-bond donors (Lipinski definition) is 2. The van der Waals surface area contributed by atoms with E-state index in [4.69, 9.17) is 4.74 Å². The van der Waals surface area contributed by atoms with Crippen molar-refractivity contribution in [2.75, 3.05) is 6.61 Å². The average molecular weight is 216 g/mol. The monoisotopic (exact) mass is 216 g/mol. The SMILES string of the molecule is CCOc1cccc2cccc(B(O)O)c12. The third kappa shape index (κ3) is 1.89. The summed E-state index contributed by atoms with van der Waals surface area (Å²) in [6.07, 6.45) is 0. The maximum atomic E-state index is 9.31. The van der Waals surface area contributed by atoms with Crippen molar-refractivity contribution in [1.29, 1.82) is 0 Å². The molecule has 2 aromatic carbocycles. The number of rotatable bonds is 3. The van der Waals surface area contributed by atoms with Gasteiger partial charge in [0.25, 0.3) is 0 Å². The second kappa shape index (κ2) is 4.55. The summed E-state index contributed by atoms with van der Waals surface area (Å²) in [6.45, 7) is 2.45. The molecule has 16 heavy (non-hydrogen) atoms. The van der Waals surface area contributed by atoms with Crippen LogP contribution in [0.5, 0.6) is 5.75 Å². The fraction of sp³-hybridized carbons (Fsp3) is 0.167. The lowest BCUT2D eigenvalue weighted by Crippen LogP contribution is -2.30. The van der Waals surface area contributed by atoms with Gasteiger partial charge in [0.15, 0.2) is 0 Å². The normalized spacial score (nSPS) is 10.4. The quantitative estimate of drug-likeness (QED) is 0.750. The van der Waals surface area contributed by atoms with Crippen LogP contribution in [0.4, 0.5) is 0 Å². The highest BCUT2D eigenvalue weighted by molar-refractivity contribution is 6.62. The van der Waals surface area contributed by atoms with Crippen LogP contribution in [0.2, 0.25) is 0 Å². The molecule has 0 atom stereocenters. The van der Waals surface area contributed by atoms with E-state index in [1.54, 1.807) is 12.1 Å². The van der Waals surface area contributed by atoms with Gasteiger partial charge in [-0.2, -0.15) is 0 Å². The first-order chi connectivity index (χ1) is 7.74. The van der Waals surface area contributed by atoms with Crippen molar-refractivity contribution in [3.8, 4) is 5.75 Å². The van der Waals surface area contributed by atoms with Crippen LogP contribution in [-0.4, -0.2) is 23.8 Å². The van der Waals surface area contributed by atoms with Crippen molar-refractivity contribution in [2.24, 2.45) is 0 Å². The van der Waals surface area contributed by atoms with E-state index in [1.165, 1.54) is 0 Å². The lowest BCUT2D eigenvalue weighted by molar-refractivity contribution is 0.344. The molecule has 2 aromatic rings. The summed E-state index contributed by atoms with van der Waals surface area (Å²) in [5, 5.41) is 20.3. The Hall–Kier alpha value is -1.52. The van der Waals surface area contributed by atoms with Gasteiger partial charge < -0.3 is 14.8 Å². The lowest BCUT2D eigenvalue weighted by Gasteiger charge is -2.11. The molecule has 0 saturated heterocycles. The van der Waals surface area contributed by atoms with Crippen LogP contribution in [0.15, 0.2) is 36.4 Å². The van der Waals surface area contributed by atoms with Crippen molar-refractivity contribution in [3.05, 3.63) is 36.4 Å². The van der Waals surface area contributed by atoms with Crippen molar-refractivity contribution in [1.82, 2.24) is 0 Å². The molecule has 0 aliphatic heterocycles. The largest absolute Gasteiger partial charge is 0.493 e. The van der Waals surface area contributed by atoms with Gasteiger partial charge >= 0.3 is 7.12 Å². The molecule has 0 fully saturated rings. The Kier molecular flexibility index (Phi) is 3.13. The lowest BCUT2D eigenvalue weighted by atomic mass is 9.77. The van der Waals surface area contributed by atoms with E-state index >= 15 is 0 Å². The fourth-order valence-electron chi connectivity index (χ4n) is 1.83. The van der Waals surface area contributed by atoms with E-state index in [2.05, 4.69) is 0 Å². The number of fused-ring (bicyclic) bond motifs is 1. The Balaban J connectivity index is 2.71. The van der Waals surface area contributed by atoms with E-state index in [-0.39, 0.29) is 0 Å². The highest BCUT2D eigenvalue weighted by Crippen LogP contribution is 2.23. The zero-order chi connectivity index (χ0) is 11.5. The van der Waals surface area contributed by atoms with Gasteiger partial charge in [0, 0.05) is 5.39 Å². The topological polar surface area (TPSA) is 49.7 Å². The Morgan fingerprint density at radius 3 is 2.44 bits per heavy atom. The minimum absolute atomic E-state index is 0.474. The minimum Gasteiger partial charge on any atom is -0.493 e. The second-order valence-corrected chi connectivity index (χ2v) is 3.51. The average Bonchev–Trinajstić information content (AvgIpc) is 2.29. The maximum Gasteiger partial charge on any atom is 0.489 e. The molecule has 0 radical (unpaired) electrons. The molecular formula is C12H13BO3. The predicted octanol–water partition coefficient (Wildman–Crippen LogP) is 0.918. The van der Waals surface area contributed by atoms with Crippen LogP contribution in [-0.2, 0) is 0 Å². The fourth-order valence-corrected chi connectivity index (χ4v) is 1.83. The first-order valence-electron chi connectivity index (χ1n) is 5.24. The molecular weight excluding hydrogens is 203 g/mol. The number of benzene rings is 2. The molecule has 0 spiro atoms. The third-order valence-corrected chi connectivity index (χ3v) is 2.48. The van der Waals surface area contributed by atoms with E-state index in [1.807, 2.05) is 31.2 Å². The summed E-state index contributed by atoms with van der Waals surface area (Å²) in [4.78, 5) is 0. The summed E-state index contributed by atoms with van der Waals surface area (Å²) in [6, 6.07) is 11.0. The molecule has 0 aliphatic carbocycles. The molecule has 0 bridgehead atoms. The molecule has 3 nitrogen and oxygen atoms in total. The van der Waals surface area contributed by atoms with Crippen LogP contribution < -0.4 is 10.2 Å². The Labute approximate surface area is 94.4 Å². The van der Waals surface area contributed by atoms with Crippen LogP contribution in [0.25, 0.3) is 10.8 Å². The van der Waals surface area contributed by atoms with E-state index in [9.17, 15) is 10.0 Å². The molecule has 0 heterocycles. The molecule has 4 heteroatoms. The number of ether oxygens (including phenoxy) is 1. The maximum absolute atomic E-state index is 9.31. The highest BCUT2D eigenvalue weighted by atomic mass is 16.5. The summed E-state index contributed by atoms with van der Waals surface area (Å²) in [5.41, 5.74) is 0.474. The van der Waals surface area contributed by atoms with Crippen LogP contribution in [0.3, 0.4) is 0 Å². The van der Waals surface area contributed by atoms with Crippen molar-refractivity contribution >= 4 is 23.4 Å². The van der Waals surface area contributed by atoms with E-state index in [0.29, 0.717) is 17.8 Å². The van der Waals surface area contributed by atoms with Gasteiger partial charge in [-0.25, -0.2) is 0 Å². The van der Waals surface area contributed by atoms with Crippen LogP contribution in [0.1, 0.15) is 6.92 Å². The molecule has 0 unspecified atom stereocenters. The van der Waals surface area contributed by atoms with E-state index < -0.39 is 7.12 Å². The van der Waals surface area contributed by atoms with Gasteiger partial charge in [-0.05, 0) is 23.8 Å².